The Hall–Kier alpha value is -1.79. The smallest absolute Gasteiger partial charge is 0.207 e. The molecule has 1 aliphatic rings. The number of carbonyl (C=O) groups is 2. The van der Waals surface area contributed by atoms with Gasteiger partial charge in [0.25, 0.3) is 0 Å². The second-order valence-corrected chi connectivity index (χ2v) is 11.2. The highest BCUT2D eigenvalue weighted by molar-refractivity contribution is 14.1. The molecule has 0 aliphatic carbocycles. The number of nitrogens with zero attached hydrogens (tertiary/aromatic N) is 5. The van der Waals surface area contributed by atoms with E-state index in [1.54, 1.807) is 16.8 Å². The maximum atomic E-state index is 11.0. The van der Waals surface area contributed by atoms with E-state index in [1.165, 1.54) is 11.4 Å². The molecule has 0 aromatic carbocycles. The van der Waals surface area contributed by atoms with Crippen LogP contribution in [0.4, 0.5) is 0 Å². The highest BCUT2D eigenvalue weighted by Gasteiger charge is 2.25. The Kier molecular flexibility index (Phi) is 15.8. The van der Waals surface area contributed by atoms with Crippen LogP contribution < -0.4 is 5.32 Å². The number of aromatic nitrogens is 3. The van der Waals surface area contributed by atoms with E-state index in [0.29, 0.717) is 6.04 Å². The molecular formula is C26H43IN6O2S. The van der Waals surface area contributed by atoms with Crippen molar-refractivity contribution in [2.24, 2.45) is 0 Å². The summed E-state index contributed by atoms with van der Waals surface area (Å²) in [5.74, 6) is 1.10. The molecule has 2 aromatic rings. The van der Waals surface area contributed by atoms with E-state index in [0.717, 1.165) is 69.7 Å². The van der Waals surface area contributed by atoms with Crippen molar-refractivity contribution in [3.05, 3.63) is 46.6 Å². The molecule has 8 nitrogen and oxygen atoms in total. The van der Waals surface area contributed by atoms with Gasteiger partial charge in [-0.2, -0.15) is 0 Å². The van der Waals surface area contributed by atoms with Gasteiger partial charge in [0.15, 0.2) is 0 Å². The molecule has 3 rings (SSSR count). The summed E-state index contributed by atoms with van der Waals surface area (Å²) >= 11 is 3.58. The number of aldehydes is 1. The van der Waals surface area contributed by atoms with E-state index in [-0.39, 0.29) is 9.97 Å². The average molecular weight is 631 g/mol. The summed E-state index contributed by atoms with van der Waals surface area (Å²) in [6, 6.07) is 0.281. The van der Waals surface area contributed by atoms with Gasteiger partial charge in [-0.3, -0.25) is 4.79 Å². The Bertz CT molecular complexity index is 903. The summed E-state index contributed by atoms with van der Waals surface area (Å²) in [4.78, 5) is 34.3. The van der Waals surface area contributed by atoms with Crippen LogP contribution in [0.25, 0.3) is 0 Å². The fourth-order valence-electron chi connectivity index (χ4n) is 4.16. The van der Waals surface area contributed by atoms with Crippen molar-refractivity contribution in [3.63, 3.8) is 0 Å². The topological polar surface area (TPSA) is 83.4 Å². The van der Waals surface area contributed by atoms with Gasteiger partial charge in [-0.15, -0.1) is 11.3 Å². The molecule has 0 bridgehead atoms. The van der Waals surface area contributed by atoms with Crippen molar-refractivity contribution in [1.29, 1.82) is 0 Å². The van der Waals surface area contributed by atoms with Crippen LogP contribution in [-0.4, -0.2) is 67.6 Å². The van der Waals surface area contributed by atoms with Gasteiger partial charge < -0.3 is 24.5 Å². The standard InChI is InChI=1S/C21H32N6OS.C3H5IO.C2H6/c1-5-17(27-16(3)24-19-12-25(4)9-8-21(19)27)11-26(6-2)10-7-18(22-14-28)20-13-29-15-23-20;1-3(4)2-5;1-2/h6,13-15,17-18H,2,5,7-12H2,1,3-4H3,(H,22,28);2-3H,1H3;1-2H3. The number of likely N-dealkylation sites (N-methyl/N-ethyl adjacent to an activating group) is 1. The maximum Gasteiger partial charge on any atom is 0.207 e. The van der Waals surface area contributed by atoms with Crippen molar-refractivity contribution in [1.82, 2.24) is 29.7 Å². The van der Waals surface area contributed by atoms with E-state index in [1.807, 2.05) is 54.9 Å². The summed E-state index contributed by atoms with van der Waals surface area (Å²) in [6.45, 7) is 17.9. The first-order chi connectivity index (χ1) is 17.3. The molecule has 0 saturated carbocycles. The molecular weight excluding hydrogens is 587 g/mol. The average Bonchev–Trinajstić information content (AvgIpc) is 3.52. The van der Waals surface area contributed by atoms with Gasteiger partial charge in [0.2, 0.25) is 6.41 Å². The highest BCUT2D eigenvalue weighted by Crippen LogP contribution is 2.26. The first-order valence-electron chi connectivity index (χ1n) is 12.6. The van der Waals surface area contributed by atoms with Crippen LogP contribution in [0.2, 0.25) is 0 Å². The minimum atomic E-state index is -0.0699. The molecule has 3 heterocycles. The molecule has 2 aromatic heterocycles. The van der Waals surface area contributed by atoms with Gasteiger partial charge in [-0.25, -0.2) is 9.97 Å². The van der Waals surface area contributed by atoms with Crippen molar-refractivity contribution < 1.29 is 9.59 Å². The van der Waals surface area contributed by atoms with Gasteiger partial charge in [0, 0.05) is 43.7 Å². The number of halogens is 1. The van der Waals surface area contributed by atoms with Gasteiger partial charge in [0.05, 0.1) is 32.9 Å². The Labute approximate surface area is 234 Å². The number of amides is 1. The van der Waals surface area contributed by atoms with E-state index in [4.69, 9.17) is 4.98 Å². The third kappa shape index (κ3) is 9.93. The fourth-order valence-corrected chi connectivity index (χ4v) is 4.77. The predicted octanol–water partition coefficient (Wildman–Crippen LogP) is 4.94. The Balaban J connectivity index is 0.000000826. The molecule has 1 aliphatic heterocycles. The first kappa shape index (κ1) is 32.2. The van der Waals surface area contributed by atoms with Crippen LogP contribution in [0.1, 0.15) is 75.5 Å². The third-order valence-corrected chi connectivity index (χ3v) is 6.83. The Morgan fingerprint density at radius 2 is 2.06 bits per heavy atom. The van der Waals surface area contributed by atoms with E-state index >= 15 is 0 Å². The molecule has 36 heavy (non-hydrogen) atoms. The van der Waals surface area contributed by atoms with Crippen LogP contribution in [0.5, 0.6) is 0 Å². The minimum absolute atomic E-state index is 0.0699. The van der Waals surface area contributed by atoms with Crippen LogP contribution in [0.3, 0.4) is 0 Å². The van der Waals surface area contributed by atoms with Crippen molar-refractivity contribution in [2.75, 3.05) is 26.7 Å². The lowest BCUT2D eigenvalue weighted by Gasteiger charge is -2.31. The monoisotopic (exact) mass is 630 g/mol. The maximum absolute atomic E-state index is 11.0. The van der Waals surface area contributed by atoms with Crippen LogP contribution in [0, 0.1) is 6.92 Å². The Morgan fingerprint density at radius 1 is 1.36 bits per heavy atom. The summed E-state index contributed by atoms with van der Waals surface area (Å²) < 4.78 is 2.62. The second kappa shape index (κ2) is 17.6. The molecule has 0 spiro atoms. The van der Waals surface area contributed by atoms with Gasteiger partial charge in [-0.05, 0) is 39.9 Å². The summed E-state index contributed by atoms with van der Waals surface area (Å²) in [5.41, 5.74) is 5.33. The number of rotatable bonds is 12. The van der Waals surface area contributed by atoms with E-state index in [9.17, 15) is 9.59 Å². The molecule has 3 unspecified atom stereocenters. The van der Waals surface area contributed by atoms with Crippen molar-refractivity contribution in [2.45, 2.75) is 76.4 Å². The largest absolute Gasteiger partial charge is 0.376 e. The number of carbonyl (C=O) groups excluding carboxylic acids is 2. The molecule has 0 fully saturated rings. The quantitative estimate of drug-likeness (QED) is 0.203. The molecule has 1 amide bonds. The fraction of sp³-hybridized carbons (Fsp3) is 0.615. The van der Waals surface area contributed by atoms with Crippen LogP contribution in [-0.2, 0) is 22.6 Å². The van der Waals surface area contributed by atoms with Gasteiger partial charge >= 0.3 is 0 Å². The lowest BCUT2D eigenvalue weighted by atomic mass is 10.1. The zero-order valence-electron chi connectivity index (χ0n) is 22.6. The molecule has 0 radical (unpaired) electrons. The minimum Gasteiger partial charge on any atom is -0.376 e. The van der Waals surface area contributed by atoms with E-state index < -0.39 is 0 Å². The molecule has 0 saturated heterocycles. The summed E-state index contributed by atoms with van der Waals surface area (Å²) in [5, 5.41) is 4.89. The van der Waals surface area contributed by atoms with Crippen molar-refractivity contribution in [3.8, 4) is 0 Å². The van der Waals surface area contributed by atoms with E-state index in [2.05, 4.69) is 52.1 Å². The summed E-state index contributed by atoms with van der Waals surface area (Å²) in [6.07, 6.45) is 6.44. The number of aryl methyl sites for hydroxylation is 1. The summed E-state index contributed by atoms with van der Waals surface area (Å²) in [7, 11) is 2.15. The molecule has 3 atom stereocenters. The lowest BCUT2D eigenvalue weighted by Crippen LogP contribution is -2.33. The number of imidazole rings is 1. The number of thiazole rings is 1. The molecule has 10 heteroatoms. The van der Waals surface area contributed by atoms with Crippen LogP contribution >= 0.6 is 33.9 Å². The number of fused-ring (bicyclic) bond motifs is 1. The number of nitrogens with one attached hydrogen (secondary N) is 1. The zero-order chi connectivity index (χ0) is 27.1. The van der Waals surface area contributed by atoms with Crippen LogP contribution in [0.15, 0.2) is 23.7 Å². The lowest BCUT2D eigenvalue weighted by molar-refractivity contribution is -0.110. The SMILES string of the molecule is C=CN(CCC(NC=O)c1cscn1)CC(CC)n1c(C)nc2c1CCN(C)C2.CC.CC(I)C=O. The van der Waals surface area contributed by atoms with Crippen molar-refractivity contribution >= 4 is 46.6 Å². The Morgan fingerprint density at radius 3 is 2.58 bits per heavy atom. The first-order valence-corrected chi connectivity index (χ1v) is 14.8. The van der Waals surface area contributed by atoms with Gasteiger partial charge in [0.1, 0.15) is 12.1 Å². The number of hydrogen-bond acceptors (Lipinski definition) is 7. The third-order valence-electron chi connectivity index (χ3n) is 5.93. The highest BCUT2D eigenvalue weighted by atomic mass is 127. The number of hydrogen-bond donors (Lipinski definition) is 1. The number of alkyl halides is 1. The predicted molar refractivity (Wildman–Crippen MR) is 158 cm³/mol. The van der Waals surface area contributed by atoms with Gasteiger partial charge in [-0.1, -0.05) is 49.9 Å². The normalized spacial score (nSPS) is 15.1. The molecule has 1 N–H and O–H groups in total. The second-order valence-electron chi connectivity index (χ2n) is 8.50. The zero-order valence-corrected chi connectivity index (χ0v) is 25.6. The molecule has 202 valence electrons.